The van der Waals surface area contributed by atoms with Gasteiger partial charge in [-0.25, -0.2) is 0 Å². The van der Waals surface area contributed by atoms with Gasteiger partial charge in [0.1, 0.15) is 6.29 Å². The lowest BCUT2D eigenvalue weighted by Gasteiger charge is -2.27. The highest BCUT2D eigenvalue weighted by atomic mass is 16.1. The minimum absolute atomic E-state index is 0.238. The summed E-state index contributed by atoms with van der Waals surface area (Å²) in [5, 5.41) is 0. The van der Waals surface area contributed by atoms with Gasteiger partial charge in [-0.2, -0.15) is 0 Å². The van der Waals surface area contributed by atoms with Crippen molar-refractivity contribution in [3.8, 4) is 0 Å². The SMILES string of the molecule is CC1(N2CCC[C@H]2C=O)CC1. The molecular weight excluding hydrogens is 138 g/mol. The Morgan fingerprint density at radius 2 is 2.27 bits per heavy atom. The van der Waals surface area contributed by atoms with Crippen LogP contribution < -0.4 is 0 Å². The quantitative estimate of drug-likeness (QED) is 0.556. The standard InChI is InChI=1S/C9H15NO/c1-9(4-5-9)10-6-2-3-8(10)7-11/h7-8H,2-6H2,1H3/t8-/m0/s1. The Morgan fingerprint density at radius 3 is 2.82 bits per heavy atom. The maximum atomic E-state index is 10.7. The predicted molar refractivity (Wildman–Crippen MR) is 43.4 cm³/mol. The number of rotatable bonds is 2. The summed E-state index contributed by atoms with van der Waals surface area (Å²) >= 11 is 0. The molecule has 2 aliphatic rings. The fourth-order valence-electron chi connectivity index (χ4n) is 2.07. The Balaban J connectivity index is 2.06. The summed E-state index contributed by atoms with van der Waals surface area (Å²) in [7, 11) is 0. The third kappa shape index (κ3) is 1.09. The lowest BCUT2D eigenvalue weighted by molar-refractivity contribution is -0.112. The number of carbonyl (C=O) groups excluding carboxylic acids is 1. The topological polar surface area (TPSA) is 20.3 Å². The molecule has 1 saturated carbocycles. The molecular formula is C9H15NO. The van der Waals surface area contributed by atoms with Gasteiger partial charge in [-0.1, -0.05) is 0 Å². The van der Waals surface area contributed by atoms with E-state index in [-0.39, 0.29) is 6.04 Å². The Kier molecular flexibility index (Phi) is 1.53. The van der Waals surface area contributed by atoms with Crippen molar-refractivity contribution in [1.82, 2.24) is 4.90 Å². The monoisotopic (exact) mass is 153 g/mol. The van der Waals surface area contributed by atoms with Crippen LogP contribution in [0.2, 0.25) is 0 Å². The van der Waals surface area contributed by atoms with Crippen molar-refractivity contribution in [2.24, 2.45) is 0 Å². The van der Waals surface area contributed by atoms with E-state index in [2.05, 4.69) is 11.8 Å². The smallest absolute Gasteiger partial charge is 0.137 e. The van der Waals surface area contributed by atoms with Crippen LogP contribution in [0, 0.1) is 0 Å². The second-order valence-electron chi connectivity index (χ2n) is 4.04. The minimum atomic E-state index is 0.238. The molecule has 62 valence electrons. The maximum Gasteiger partial charge on any atom is 0.137 e. The van der Waals surface area contributed by atoms with Gasteiger partial charge < -0.3 is 4.79 Å². The van der Waals surface area contributed by atoms with Crippen LogP contribution in [0.1, 0.15) is 32.6 Å². The molecule has 2 heteroatoms. The largest absolute Gasteiger partial charge is 0.302 e. The van der Waals surface area contributed by atoms with Gasteiger partial charge in [0.15, 0.2) is 0 Å². The molecule has 2 rings (SSSR count). The number of hydrogen-bond donors (Lipinski definition) is 0. The van der Waals surface area contributed by atoms with Gasteiger partial charge in [-0.05, 0) is 39.2 Å². The fourth-order valence-corrected chi connectivity index (χ4v) is 2.07. The molecule has 0 aromatic rings. The summed E-state index contributed by atoms with van der Waals surface area (Å²) in [5.74, 6) is 0. The molecule has 11 heavy (non-hydrogen) atoms. The number of carbonyl (C=O) groups is 1. The zero-order valence-electron chi connectivity index (χ0n) is 7.05. The van der Waals surface area contributed by atoms with Gasteiger partial charge in [0, 0.05) is 5.54 Å². The van der Waals surface area contributed by atoms with Crippen molar-refractivity contribution in [2.45, 2.75) is 44.2 Å². The lowest BCUT2D eigenvalue weighted by atomic mass is 10.2. The Labute approximate surface area is 67.6 Å². The molecule has 0 unspecified atom stereocenters. The first-order valence-electron chi connectivity index (χ1n) is 4.48. The summed E-state index contributed by atoms with van der Waals surface area (Å²) in [4.78, 5) is 13.0. The third-order valence-electron chi connectivity index (χ3n) is 3.12. The maximum absolute atomic E-state index is 10.7. The van der Waals surface area contributed by atoms with Crippen molar-refractivity contribution in [1.29, 1.82) is 0 Å². The first kappa shape index (κ1) is 7.29. The molecule has 0 amide bonds. The molecule has 0 aromatic carbocycles. The van der Waals surface area contributed by atoms with Gasteiger partial charge in [-0.3, -0.25) is 4.90 Å². The van der Waals surface area contributed by atoms with E-state index in [1.54, 1.807) is 0 Å². The number of hydrogen-bond acceptors (Lipinski definition) is 2. The first-order chi connectivity index (χ1) is 5.26. The highest BCUT2D eigenvalue weighted by molar-refractivity contribution is 5.58. The van der Waals surface area contributed by atoms with Gasteiger partial charge in [0.2, 0.25) is 0 Å². The van der Waals surface area contributed by atoms with Gasteiger partial charge in [0.05, 0.1) is 6.04 Å². The highest BCUT2D eigenvalue weighted by Gasteiger charge is 2.47. The van der Waals surface area contributed by atoms with Crippen molar-refractivity contribution in [3.63, 3.8) is 0 Å². The zero-order chi connectivity index (χ0) is 7.90. The average Bonchev–Trinajstić information content (AvgIpc) is 2.61. The molecule has 0 spiro atoms. The molecule has 1 saturated heterocycles. The molecule has 0 bridgehead atoms. The van der Waals surface area contributed by atoms with E-state index in [9.17, 15) is 4.79 Å². The summed E-state index contributed by atoms with van der Waals surface area (Å²) in [6, 6.07) is 0.238. The van der Waals surface area contributed by atoms with Crippen LogP contribution in [-0.2, 0) is 4.79 Å². The molecule has 2 fully saturated rings. The molecule has 1 aliphatic carbocycles. The van der Waals surface area contributed by atoms with Gasteiger partial charge in [0.25, 0.3) is 0 Å². The van der Waals surface area contributed by atoms with Crippen LogP contribution in [0.4, 0.5) is 0 Å². The Bertz CT molecular complexity index is 174. The van der Waals surface area contributed by atoms with Crippen LogP contribution in [-0.4, -0.2) is 29.3 Å². The van der Waals surface area contributed by atoms with Crippen molar-refractivity contribution in [3.05, 3.63) is 0 Å². The van der Waals surface area contributed by atoms with E-state index in [0.717, 1.165) is 19.3 Å². The predicted octanol–water partition coefficient (Wildman–Crippen LogP) is 1.20. The Morgan fingerprint density at radius 1 is 1.55 bits per heavy atom. The van der Waals surface area contributed by atoms with E-state index < -0.39 is 0 Å². The lowest BCUT2D eigenvalue weighted by Crippen LogP contribution is -2.39. The highest BCUT2D eigenvalue weighted by Crippen LogP contribution is 2.44. The van der Waals surface area contributed by atoms with Crippen LogP contribution in [0.15, 0.2) is 0 Å². The average molecular weight is 153 g/mol. The molecule has 1 atom stereocenters. The number of likely N-dealkylation sites (tertiary alicyclic amines) is 1. The normalized spacial score (nSPS) is 35.5. The molecule has 0 N–H and O–H groups in total. The van der Waals surface area contributed by atoms with Crippen LogP contribution in [0.3, 0.4) is 0 Å². The summed E-state index contributed by atoms with van der Waals surface area (Å²) in [6.45, 7) is 3.41. The van der Waals surface area contributed by atoms with E-state index >= 15 is 0 Å². The second-order valence-corrected chi connectivity index (χ2v) is 4.04. The fraction of sp³-hybridized carbons (Fsp3) is 0.889. The van der Waals surface area contributed by atoms with E-state index in [1.165, 1.54) is 19.3 Å². The third-order valence-corrected chi connectivity index (χ3v) is 3.12. The molecule has 0 radical (unpaired) electrons. The molecule has 1 heterocycles. The minimum Gasteiger partial charge on any atom is -0.302 e. The molecule has 0 aromatic heterocycles. The van der Waals surface area contributed by atoms with Gasteiger partial charge in [-0.15, -0.1) is 0 Å². The van der Waals surface area contributed by atoms with E-state index in [0.29, 0.717) is 5.54 Å². The van der Waals surface area contributed by atoms with Crippen molar-refractivity contribution < 1.29 is 4.79 Å². The van der Waals surface area contributed by atoms with E-state index in [1.807, 2.05) is 0 Å². The molecule has 2 nitrogen and oxygen atoms in total. The first-order valence-corrected chi connectivity index (χ1v) is 4.48. The van der Waals surface area contributed by atoms with Gasteiger partial charge >= 0.3 is 0 Å². The summed E-state index contributed by atoms with van der Waals surface area (Å²) < 4.78 is 0. The molecule has 1 aliphatic heterocycles. The number of nitrogens with zero attached hydrogens (tertiary/aromatic N) is 1. The number of aldehydes is 1. The second kappa shape index (κ2) is 2.31. The van der Waals surface area contributed by atoms with Crippen LogP contribution in [0.25, 0.3) is 0 Å². The van der Waals surface area contributed by atoms with E-state index in [4.69, 9.17) is 0 Å². The van der Waals surface area contributed by atoms with Crippen LogP contribution >= 0.6 is 0 Å². The summed E-state index contributed by atoms with van der Waals surface area (Å²) in [5.41, 5.74) is 0.405. The summed E-state index contributed by atoms with van der Waals surface area (Å²) in [6.07, 6.45) is 5.99. The van der Waals surface area contributed by atoms with Crippen molar-refractivity contribution >= 4 is 6.29 Å². The zero-order valence-corrected chi connectivity index (χ0v) is 7.05. The van der Waals surface area contributed by atoms with Crippen molar-refractivity contribution in [2.75, 3.05) is 6.54 Å². The Hall–Kier alpha value is -0.370. The van der Waals surface area contributed by atoms with Crippen LogP contribution in [0.5, 0.6) is 0 Å².